The molecule has 0 bridgehead atoms. The summed E-state index contributed by atoms with van der Waals surface area (Å²) in [4.78, 5) is 27.3. The van der Waals surface area contributed by atoms with Crippen LogP contribution in [0.4, 0.5) is 0 Å². The molecule has 0 spiro atoms. The maximum atomic E-state index is 11.8. The highest BCUT2D eigenvalue weighted by Crippen LogP contribution is 2.02. The van der Waals surface area contributed by atoms with Crippen LogP contribution in [0.3, 0.4) is 0 Å². The molecule has 18 heavy (non-hydrogen) atoms. The summed E-state index contributed by atoms with van der Waals surface area (Å²) in [6.07, 6.45) is 0.837. The lowest BCUT2D eigenvalue weighted by atomic mass is 10.2. The molecule has 1 unspecified atom stereocenters. The van der Waals surface area contributed by atoms with Crippen LogP contribution < -0.4 is 5.32 Å². The summed E-state index contributed by atoms with van der Waals surface area (Å²) in [5, 5.41) is 2.79. The molecule has 1 aromatic heterocycles. The number of carbonyl (C=O) groups excluding carboxylic acids is 2. The first-order chi connectivity index (χ1) is 8.58. The highest BCUT2D eigenvalue weighted by atomic mass is 16.5. The molecule has 1 heterocycles. The molecule has 0 saturated heterocycles. The number of aromatic nitrogens is 1. The number of hydrogen-bond acceptors (Lipinski definition) is 4. The third-order valence-corrected chi connectivity index (χ3v) is 2.46. The van der Waals surface area contributed by atoms with E-state index in [1.807, 2.05) is 13.8 Å². The molecule has 0 fully saturated rings. The Labute approximate surface area is 107 Å². The van der Waals surface area contributed by atoms with Crippen LogP contribution in [-0.2, 0) is 4.74 Å². The lowest BCUT2D eigenvalue weighted by Crippen LogP contribution is -2.32. The lowest BCUT2D eigenvalue weighted by molar-refractivity contribution is 0.0519. The molecule has 0 aromatic carbocycles. The van der Waals surface area contributed by atoms with Gasteiger partial charge in [0.15, 0.2) is 0 Å². The lowest BCUT2D eigenvalue weighted by Gasteiger charge is -2.11. The van der Waals surface area contributed by atoms with Crippen LogP contribution in [0.25, 0.3) is 0 Å². The summed E-state index contributed by atoms with van der Waals surface area (Å²) in [6.45, 7) is 5.89. The molecule has 1 rings (SSSR count). The van der Waals surface area contributed by atoms with E-state index >= 15 is 0 Å². The normalized spacial score (nSPS) is 11.7. The van der Waals surface area contributed by atoms with E-state index in [-0.39, 0.29) is 29.9 Å². The van der Waals surface area contributed by atoms with Gasteiger partial charge in [0.05, 0.1) is 6.61 Å². The quantitative estimate of drug-likeness (QED) is 0.809. The molecule has 98 valence electrons. The first-order valence-corrected chi connectivity index (χ1v) is 6.03. The minimum atomic E-state index is -0.518. The number of nitrogens with zero attached hydrogens (tertiary/aromatic N) is 1. The summed E-state index contributed by atoms with van der Waals surface area (Å²) in [7, 11) is 0. The highest BCUT2D eigenvalue weighted by molar-refractivity contribution is 5.94. The first kappa shape index (κ1) is 14.2. The van der Waals surface area contributed by atoms with Crippen molar-refractivity contribution in [3.63, 3.8) is 0 Å². The minimum Gasteiger partial charge on any atom is -0.461 e. The second-order valence-corrected chi connectivity index (χ2v) is 3.91. The van der Waals surface area contributed by atoms with Crippen LogP contribution in [0, 0.1) is 0 Å². The van der Waals surface area contributed by atoms with E-state index in [4.69, 9.17) is 4.74 Å². The highest BCUT2D eigenvalue weighted by Gasteiger charge is 2.13. The van der Waals surface area contributed by atoms with Gasteiger partial charge in [-0.15, -0.1) is 0 Å². The summed E-state index contributed by atoms with van der Waals surface area (Å²) < 4.78 is 4.83. The minimum absolute atomic E-state index is 0.0746. The zero-order chi connectivity index (χ0) is 13.5. The van der Waals surface area contributed by atoms with Crippen LogP contribution in [0.5, 0.6) is 0 Å². The molecule has 5 heteroatoms. The molecule has 1 N–H and O–H groups in total. The van der Waals surface area contributed by atoms with Crippen molar-refractivity contribution < 1.29 is 14.3 Å². The number of carbonyl (C=O) groups is 2. The van der Waals surface area contributed by atoms with Gasteiger partial charge in [0, 0.05) is 6.04 Å². The smallest absolute Gasteiger partial charge is 0.356 e. The average molecular weight is 250 g/mol. The molecule has 1 amide bonds. The third-order valence-electron chi connectivity index (χ3n) is 2.46. The number of ether oxygens (including phenoxy) is 1. The van der Waals surface area contributed by atoms with E-state index in [0.29, 0.717) is 0 Å². The Kier molecular flexibility index (Phi) is 5.30. The molecular weight excluding hydrogens is 232 g/mol. The Bertz CT molecular complexity index is 432. The van der Waals surface area contributed by atoms with E-state index in [9.17, 15) is 9.59 Å². The summed E-state index contributed by atoms with van der Waals surface area (Å²) >= 11 is 0. The van der Waals surface area contributed by atoms with Gasteiger partial charge in [-0.2, -0.15) is 0 Å². The first-order valence-electron chi connectivity index (χ1n) is 6.03. The monoisotopic (exact) mass is 250 g/mol. The Hall–Kier alpha value is -1.91. The molecular formula is C13H18N2O3. The van der Waals surface area contributed by atoms with Crippen molar-refractivity contribution in [2.45, 2.75) is 33.2 Å². The van der Waals surface area contributed by atoms with Gasteiger partial charge in [0.25, 0.3) is 5.91 Å². The number of nitrogens with one attached hydrogen (secondary N) is 1. The fourth-order valence-electron chi connectivity index (χ4n) is 1.28. The van der Waals surface area contributed by atoms with E-state index in [0.717, 1.165) is 6.42 Å². The molecule has 0 aliphatic carbocycles. The number of rotatable bonds is 5. The van der Waals surface area contributed by atoms with Gasteiger partial charge < -0.3 is 10.1 Å². The summed E-state index contributed by atoms with van der Waals surface area (Å²) in [6, 6.07) is 4.79. The van der Waals surface area contributed by atoms with Crippen molar-refractivity contribution in [1.82, 2.24) is 10.3 Å². The van der Waals surface area contributed by atoms with E-state index < -0.39 is 5.97 Å². The number of pyridine rings is 1. The largest absolute Gasteiger partial charge is 0.461 e. The predicted molar refractivity (Wildman–Crippen MR) is 67.4 cm³/mol. The van der Waals surface area contributed by atoms with E-state index in [1.165, 1.54) is 6.07 Å². The Morgan fingerprint density at radius 1 is 1.33 bits per heavy atom. The molecule has 1 aromatic rings. The Morgan fingerprint density at radius 3 is 2.61 bits per heavy atom. The molecule has 0 radical (unpaired) electrons. The van der Waals surface area contributed by atoms with Crippen LogP contribution in [0.1, 0.15) is 48.2 Å². The van der Waals surface area contributed by atoms with Gasteiger partial charge in [-0.3, -0.25) is 4.79 Å². The maximum absolute atomic E-state index is 11.8. The van der Waals surface area contributed by atoms with Crippen molar-refractivity contribution in [2.75, 3.05) is 6.61 Å². The van der Waals surface area contributed by atoms with Gasteiger partial charge in [-0.25, -0.2) is 9.78 Å². The molecule has 0 aliphatic rings. The molecule has 5 nitrogen and oxygen atoms in total. The number of hydrogen-bond donors (Lipinski definition) is 1. The van der Waals surface area contributed by atoms with Crippen molar-refractivity contribution in [1.29, 1.82) is 0 Å². The summed E-state index contributed by atoms with van der Waals surface area (Å²) in [5.41, 5.74) is 0.370. The number of amides is 1. The zero-order valence-electron chi connectivity index (χ0n) is 10.9. The molecule has 0 aliphatic heterocycles. The van der Waals surface area contributed by atoms with Crippen LogP contribution in [-0.4, -0.2) is 29.5 Å². The second-order valence-electron chi connectivity index (χ2n) is 3.91. The predicted octanol–water partition coefficient (Wildman–Crippen LogP) is 1.79. The Balaban J connectivity index is 2.81. The van der Waals surface area contributed by atoms with Crippen molar-refractivity contribution in [2.24, 2.45) is 0 Å². The maximum Gasteiger partial charge on any atom is 0.356 e. The van der Waals surface area contributed by atoms with Gasteiger partial charge >= 0.3 is 5.97 Å². The second kappa shape index (κ2) is 6.74. The standard InChI is InChI=1S/C13H18N2O3/c1-4-9(3)14-12(16)10-7-6-8-11(15-10)13(17)18-5-2/h6-9H,4-5H2,1-3H3,(H,14,16). The van der Waals surface area contributed by atoms with Crippen LogP contribution >= 0.6 is 0 Å². The van der Waals surface area contributed by atoms with Crippen molar-refractivity contribution in [3.05, 3.63) is 29.6 Å². The fourth-order valence-corrected chi connectivity index (χ4v) is 1.28. The van der Waals surface area contributed by atoms with Crippen LogP contribution in [0.2, 0.25) is 0 Å². The van der Waals surface area contributed by atoms with Gasteiger partial charge in [0.1, 0.15) is 11.4 Å². The number of esters is 1. The van der Waals surface area contributed by atoms with Crippen molar-refractivity contribution in [3.8, 4) is 0 Å². The Morgan fingerprint density at radius 2 is 2.00 bits per heavy atom. The average Bonchev–Trinajstić information content (AvgIpc) is 2.39. The SMILES string of the molecule is CCOC(=O)c1cccc(C(=O)NC(C)CC)n1. The van der Waals surface area contributed by atoms with Gasteiger partial charge in [-0.05, 0) is 32.4 Å². The van der Waals surface area contributed by atoms with Gasteiger partial charge in [-0.1, -0.05) is 13.0 Å². The molecule has 0 saturated carbocycles. The van der Waals surface area contributed by atoms with Crippen LogP contribution in [0.15, 0.2) is 18.2 Å². The zero-order valence-corrected chi connectivity index (χ0v) is 10.9. The van der Waals surface area contributed by atoms with Gasteiger partial charge in [0.2, 0.25) is 0 Å². The van der Waals surface area contributed by atoms with E-state index in [2.05, 4.69) is 10.3 Å². The molecule has 1 atom stereocenters. The summed E-state index contributed by atoms with van der Waals surface area (Å²) in [5.74, 6) is -0.800. The third kappa shape index (κ3) is 3.84. The fraction of sp³-hybridized carbons (Fsp3) is 0.462. The topological polar surface area (TPSA) is 68.3 Å². The van der Waals surface area contributed by atoms with Crippen molar-refractivity contribution >= 4 is 11.9 Å². The van der Waals surface area contributed by atoms with E-state index in [1.54, 1.807) is 19.1 Å².